The zero-order valence-electron chi connectivity index (χ0n) is 8.75. The van der Waals surface area contributed by atoms with Gasteiger partial charge in [-0.25, -0.2) is 13.6 Å². The molecule has 1 aromatic carbocycles. The van der Waals surface area contributed by atoms with Crippen LogP contribution in [0.15, 0.2) is 22.7 Å². The first-order valence-corrected chi connectivity index (χ1v) is 5.83. The van der Waals surface area contributed by atoms with Crippen LogP contribution in [-0.2, 0) is 4.74 Å². The van der Waals surface area contributed by atoms with E-state index >= 15 is 0 Å². The van der Waals surface area contributed by atoms with E-state index in [0.717, 1.165) is 0 Å². The van der Waals surface area contributed by atoms with Gasteiger partial charge in [0.2, 0.25) is 0 Å². The lowest BCUT2D eigenvalue weighted by Gasteiger charge is -2.32. The van der Waals surface area contributed by atoms with Gasteiger partial charge in [0, 0.05) is 9.50 Å². The number of carbonyl (C=O) groups excluding carboxylic acids is 1. The van der Waals surface area contributed by atoms with Crippen molar-refractivity contribution in [3.63, 3.8) is 0 Å². The van der Waals surface area contributed by atoms with Crippen molar-refractivity contribution >= 4 is 46.0 Å². The molecule has 0 aromatic heterocycles. The summed E-state index contributed by atoms with van der Waals surface area (Å²) in [5, 5.41) is 2.52. The number of ether oxygens (including phenoxy) is 1. The maximum absolute atomic E-state index is 13.6. The van der Waals surface area contributed by atoms with Gasteiger partial charge in [0.05, 0.1) is 0 Å². The Kier molecular flexibility index (Phi) is 4.80. The van der Waals surface area contributed by atoms with Crippen molar-refractivity contribution in [3.8, 4) is 0 Å². The molecule has 100 valence electrons. The number of hydrogen-bond acceptors (Lipinski definition) is 2. The first kappa shape index (κ1) is 15.5. The second-order valence-electron chi connectivity index (χ2n) is 3.58. The first-order chi connectivity index (χ1) is 7.90. The molecule has 0 radical (unpaired) electrons. The Hall–Kier alpha value is -0.590. The van der Waals surface area contributed by atoms with Crippen molar-refractivity contribution in [3.05, 3.63) is 33.3 Å². The molecule has 1 amide bonds. The van der Waals surface area contributed by atoms with Crippen LogP contribution >= 0.6 is 39.9 Å². The van der Waals surface area contributed by atoms with E-state index in [1.165, 1.54) is 18.2 Å². The smallest absolute Gasteiger partial charge is 0.408 e. The van der Waals surface area contributed by atoms with Crippen LogP contribution in [0.5, 0.6) is 0 Å². The number of rotatable bonds is 1. The molecule has 8 heteroatoms. The highest BCUT2D eigenvalue weighted by atomic mass is 79.9. The topological polar surface area (TPSA) is 38.3 Å². The quantitative estimate of drug-likeness (QED) is 0.821. The largest absolute Gasteiger partial charge is 0.443 e. The van der Waals surface area contributed by atoms with E-state index in [1.54, 1.807) is 0 Å². The minimum Gasteiger partial charge on any atom is -0.443 e. The van der Waals surface area contributed by atoms with E-state index in [0.29, 0.717) is 9.50 Å². The summed E-state index contributed by atoms with van der Waals surface area (Å²) in [5.41, 5.74) is 0.260. The Morgan fingerprint density at radius 1 is 1.50 bits per heavy atom. The molecule has 1 heterocycles. The summed E-state index contributed by atoms with van der Waals surface area (Å²) in [5.74, 6) is -3.16. The van der Waals surface area contributed by atoms with Gasteiger partial charge in [0.15, 0.2) is 6.61 Å². The first-order valence-electron chi connectivity index (χ1n) is 4.66. The third kappa shape index (κ3) is 3.05. The van der Waals surface area contributed by atoms with Crippen LogP contribution in [0.2, 0.25) is 5.02 Å². The summed E-state index contributed by atoms with van der Waals surface area (Å²) in [4.78, 5) is 11.0. The van der Waals surface area contributed by atoms with E-state index in [1.807, 2.05) is 0 Å². The normalized spacial score (nSPS) is 21.6. The summed E-state index contributed by atoms with van der Waals surface area (Å²) in [6.07, 6.45) is -0.859. The van der Waals surface area contributed by atoms with Crippen molar-refractivity contribution in [1.29, 1.82) is 0 Å². The van der Waals surface area contributed by atoms with E-state index in [2.05, 4.69) is 26.0 Å². The predicted molar refractivity (Wildman–Crippen MR) is 68.6 cm³/mol. The molecule has 2 rings (SSSR count). The van der Waals surface area contributed by atoms with Crippen LogP contribution in [0, 0.1) is 0 Å². The molecular formula is C10H8BrCl2F2NO2. The predicted octanol–water partition coefficient (Wildman–Crippen LogP) is 3.94. The minimum atomic E-state index is -3.16. The monoisotopic (exact) mass is 361 g/mol. The van der Waals surface area contributed by atoms with Crippen molar-refractivity contribution in [2.24, 2.45) is 0 Å². The number of alkyl halides is 2. The molecule has 3 nitrogen and oxygen atoms in total. The SMILES string of the molecule is Cl.O=C1N[C@@H](c2ccc(Cl)cc2Br)C(F)(F)CO1. The summed E-state index contributed by atoms with van der Waals surface area (Å²) in [7, 11) is 0. The standard InChI is InChI=1S/C10H7BrClF2NO2.ClH/c11-7-3-5(12)1-2-6(7)8-10(13,14)4-17-9(16)15-8;/h1-3,8H,4H2,(H,15,16);1H/t8-;/m0./s1. The lowest BCUT2D eigenvalue weighted by molar-refractivity contribution is -0.104. The average molecular weight is 363 g/mol. The van der Waals surface area contributed by atoms with Gasteiger partial charge in [-0.05, 0) is 17.7 Å². The number of amides is 1. The number of benzene rings is 1. The van der Waals surface area contributed by atoms with Gasteiger partial charge in [0.25, 0.3) is 0 Å². The molecule has 1 fully saturated rings. The van der Waals surface area contributed by atoms with Crippen LogP contribution in [0.1, 0.15) is 11.6 Å². The zero-order chi connectivity index (χ0) is 12.6. The van der Waals surface area contributed by atoms with Crippen molar-refractivity contribution in [2.45, 2.75) is 12.0 Å². The lowest BCUT2D eigenvalue weighted by Crippen LogP contribution is -2.49. The van der Waals surface area contributed by atoms with E-state index in [9.17, 15) is 13.6 Å². The fraction of sp³-hybridized carbons (Fsp3) is 0.300. The summed E-state index contributed by atoms with van der Waals surface area (Å²) < 4.78 is 31.9. The molecule has 1 atom stereocenters. The van der Waals surface area contributed by atoms with E-state index in [4.69, 9.17) is 11.6 Å². The molecule has 0 unspecified atom stereocenters. The fourth-order valence-electron chi connectivity index (χ4n) is 1.55. The van der Waals surface area contributed by atoms with Gasteiger partial charge in [-0.15, -0.1) is 12.4 Å². The van der Waals surface area contributed by atoms with Gasteiger partial charge in [-0.3, -0.25) is 0 Å². The number of cyclic esters (lactones) is 1. The Bertz CT molecular complexity index is 473. The number of alkyl carbamates (subject to hydrolysis) is 1. The maximum Gasteiger partial charge on any atom is 0.408 e. The average Bonchev–Trinajstić information content (AvgIpc) is 2.23. The van der Waals surface area contributed by atoms with Crippen LogP contribution in [-0.4, -0.2) is 18.6 Å². The summed E-state index contributed by atoms with van der Waals surface area (Å²) in [6, 6.07) is 3.00. The molecule has 1 saturated heterocycles. The Labute approximate surface area is 121 Å². The third-order valence-corrected chi connectivity index (χ3v) is 3.28. The van der Waals surface area contributed by atoms with Gasteiger partial charge in [-0.1, -0.05) is 33.6 Å². The number of nitrogens with one attached hydrogen (secondary N) is 1. The molecule has 1 aliphatic rings. The Morgan fingerprint density at radius 2 is 2.17 bits per heavy atom. The molecule has 0 saturated carbocycles. The molecule has 0 spiro atoms. The second kappa shape index (κ2) is 5.59. The van der Waals surface area contributed by atoms with Crippen molar-refractivity contribution in [1.82, 2.24) is 5.32 Å². The highest BCUT2D eigenvalue weighted by Gasteiger charge is 2.47. The van der Waals surface area contributed by atoms with Gasteiger partial charge in [-0.2, -0.15) is 0 Å². The van der Waals surface area contributed by atoms with Crippen LogP contribution in [0.4, 0.5) is 13.6 Å². The third-order valence-electron chi connectivity index (χ3n) is 2.35. The number of hydrogen-bond donors (Lipinski definition) is 1. The van der Waals surface area contributed by atoms with Crippen LogP contribution < -0.4 is 5.32 Å². The maximum atomic E-state index is 13.6. The number of halogens is 5. The Morgan fingerprint density at radius 3 is 2.78 bits per heavy atom. The van der Waals surface area contributed by atoms with E-state index < -0.39 is 24.7 Å². The van der Waals surface area contributed by atoms with Gasteiger partial charge >= 0.3 is 12.0 Å². The van der Waals surface area contributed by atoms with Crippen molar-refractivity contribution < 1.29 is 18.3 Å². The molecule has 1 N–H and O–H groups in total. The molecule has 0 bridgehead atoms. The molecule has 1 aliphatic heterocycles. The fourth-order valence-corrected chi connectivity index (χ4v) is 2.46. The molecule has 18 heavy (non-hydrogen) atoms. The van der Waals surface area contributed by atoms with Crippen LogP contribution in [0.3, 0.4) is 0 Å². The summed E-state index contributed by atoms with van der Waals surface area (Å²) in [6.45, 7) is -0.932. The minimum absolute atomic E-state index is 0. The molecule has 1 aromatic rings. The summed E-state index contributed by atoms with van der Waals surface area (Å²) >= 11 is 8.87. The molecule has 0 aliphatic carbocycles. The molecular weight excluding hydrogens is 355 g/mol. The van der Waals surface area contributed by atoms with Crippen LogP contribution in [0.25, 0.3) is 0 Å². The van der Waals surface area contributed by atoms with Gasteiger partial charge in [0.1, 0.15) is 6.04 Å². The lowest BCUT2D eigenvalue weighted by atomic mass is 10.0. The van der Waals surface area contributed by atoms with Crippen molar-refractivity contribution in [2.75, 3.05) is 6.61 Å². The zero-order valence-corrected chi connectivity index (χ0v) is 11.9. The number of carbonyl (C=O) groups is 1. The Balaban J connectivity index is 0.00000162. The second-order valence-corrected chi connectivity index (χ2v) is 4.87. The highest BCUT2D eigenvalue weighted by Crippen LogP contribution is 2.38. The van der Waals surface area contributed by atoms with Gasteiger partial charge < -0.3 is 10.1 Å². The van der Waals surface area contributed by atoms with E-state index in [-0.39, 0.29) is 18.0 Å². The highest BCUT2D eigenvalue weighted by molar-refractivity contribution is 9.10.